The quantitative estimate of drug-likeness (QED) is 0.767. The Morgan fingerprint density at radius 3 is 2.63 bits per heavy atom. The van der Waals surface area contributed by atoms with Crippen LogP contribution in [0.25, 0.3) is 0 Å². The first kappa shape index (κ1) is 19.0. The Morgan fingerprint density at radius 1 is 1.15 bits per heavy atom. The van der Waals surface area contributed by atoms with Crippen LogP contribution in [-0.4, -0.2) is 50.6 Å². The van der Waals surface area contributed by atoms with Crippen molar-refractivity contribution in [1.82, 2.24) is 4.90 Å². The molecule has 27 heavy (non-hydrogen) atoms. The van der Waals surface area contributed by atoms with Gasteiger partial charge in [0, 0.05) is 37.4 Å². The molecule has 0 bridgehead atoms. The molecule has 0 saturated carbocycles. The van der Waals surface area contributed by atoms with Gasteiger partial charge in [-0.2, -0.15) is 0 Å². The lowest BCUT2D eigenvalue weighted by molar-refractivity contribution is 0.102. The van der Waals surface area contributed by atoms with E-state index in [4.69, 9.17) is 10.5 Å². The van der Waals surface area contributed by atoms with Crippen molar-refractivity contribution in [2.24, 2.45) is 0 Å². The van der Waals surface area contributed by atoms with Crippen molar-refractivity contribution >= 4 is 23.0 Å². The number of hydrogen-bond acceptors (Lipinski definition) is 5. The number of anilines is 3. The molecule has 0 aliphatic carbocycles. The molecule has 0 spiro atoms. The van der Waals surface area contributed by atoms with E-state index in [1.54, 1.807) is 12.1 Å². The Bertz CT molecular complexity index is 786. The molecule has 1 fully saturated rings. The highest BCUT2D eigenvalue weighted by Crippen LogP contribution is 2.28. The zero-order valence-electron chi connectivity index (χ0n) is 16.1. The standard InChI is InChI=1S/C21H28N4O2/c1-3-13-27-18-6-4-5-16(14-18)21(26)23-17-7-8-20(19(22)15-17)25-11-9-24(2)10-12-25/h4-8,14-15H,3,9-13,22H2,1-2H3,(H,23,26). The van der Waals surface area contributed by atoms with E-state index in [0.29, 0.717) is 29.3 Å². The number of likely N-dealkylation sites (N-methyl/N-ethyl adjacent to an activating group) is 1. The van der Waals surface area contributed by atoms with Gasteiger partial charge in [0.2, 0.25) is 0 Å². The number of benzene rings is 2. The molecule has 6 nitrogen and oxygen atoms in total. The van der Waals surface area contributed by atoms with Gasteiger partial charge in [0.15, 0.2) is 0 Å². The summed E-state index contributed by atoms with van der Waals surface area (Å²) < 4.78 is 5.60. The number of carbonyl (C=O) groups excluding carboxylic acids is 1. The van der Waals surface area contributed by atoms with Crippen LogP contribution in [0.5, 0.6) is 5.75 Å². The second-order valence-electron chi connectivity index (χ2n) is 6.89. The third-order valence-corrected chi connectivity index (χ3v) is 4.70. The second-order valence-corrected chi connectivity index (χ2v) is 6.89. The minimum atomic E-state index is -0.177. The molecule has 3 rings (SSSR count). The van der Waals surface area contributed by atoms with Crippen LogP contribution in [0.4, 0.5) is 17.1 Å². The molecule has 1 amide bonds. The molecule has 2 aromatic rings. The van der Waals surface area contributed by atoms with Gasteiger partial charge in [-0.05, 0) is 49.9 Å². The number of amides is 1. The van der Waals surface area contributed by atoms with Crippen molar-refractivity contribution in [3.8, 4) is 5.75 Å². The molecular formula is C21H28N4O2. The van der Waals surface area contributed by atoms with Crippen molar-refractivity contribution < 1.29 is 9.53 Å². The van der Waals surface area contributed by atoms with Gasteiger partial charge in [0.05, 0.1) is 18.0 Å². The van der Waals surface area contributed by atoms with Crippen LogP contribution in [0.15, 0.2) is 42.5 Å². The number of nitrogen functional groups attached to an aromatic ring is 1. The smallest absolute Gasteiger partial charge is 0.255 e. The van der Waals surface area contributed by atoms with E-state index >= 15 is 0 Å². The van der Waals surface area contributed by atoms with Gasteiger partial charge in [-0.3, -0.25) is 4.79 Å². The van der Waals surface area contributed by atoms with Gasteiger partial charge in [-0.25, -0.2) is 0 Å². The molecular weight excluding hydrogens is 340 g/mol. The summed E-state index contributed by atoms with van der Waals surface area (Å²) in [6.45, 7) is 6.64. The van der Waals surface area contributed by atoms with Crippen LogP contribution in [-0.2, 0) is 0 Å². The SMILES string of the molecule is CCCOc1cccc(C(=O)Nc2ccc(N3CCN(C)CC3)c(N)c2)c1. The maximum atomic E-state index is 12.6. The van der Waals surface area contributed by atoms with Gasteiger partial charge in [0.1, 0.15) is 5.75 Å². The van der Waals surface area contributed by atoms with Crippen LogP contribution in [0.3, 0.4) is 0 Å². The van der Waals surface area contributed by atoms with Crippen molar-refractivity contribution in [2.45, 2.75) is 13.3 Å². The largest absolute Gasteiger partial charge is 0.494 e. The molecule has 6 heteroatoms. The maximum absolute atomic E-state index is 12.6. The molecule has 0 atom stereocenters. The van der Waals surface area contributed by atoms with Gasteiger partial charge in [0.25, 0.3) is 5.91 Å². The Labute approximate surface area is 160 Å². The summed E-state index contributed by atoms with van der Waals surface area (Å²) in [5, 5.41) is 2.92. The lowest BCUT2D eigenvalue weighted by Gasteiger charge is -2.34. The van der Waals surface area contributed by atoms with Crippen LogP contribution in [0.2, 0.25) is 0 Å². The average Bonchev–Trinajstić information content (AvgIpc) is 2.67. The van der Waals surface area contributed by atoms with E-state index in [1.807, 2.05) is 37.3 Å². The molecule has 0 unspecified atom stereocenters. The fourth-order valence-corrected chi connectivity index (χ4v) is 3.12. The molecule has 3 N–H and O–H groups in total. The van der Waals surface area contributed by atoms with Gasteiger partial charge >= 0.3 is 0 Å². The highest BCUT2D eigenvalue weighted by atomic mass is 16.5. The van der Waals surface area contributed by atoms with E-state index in [1.165, 1.54) is 0 Å². The first-order valence-corrected chi connectivity index (χ1v) is 9.44. The molecule has 144 valence electrons. The Kier molecular flexibility index (Phi) is 6.19. The van der Waals surface area contributed by atoms with E-state index < -0.39 is 0 Å². The first-order valence-electron chi connectivity index (χ1n) is 9.44. The predicted octanol–water partition coefficient (Wildman–Crippen LogP) is 3.06. The number of nitrogens with zero attached hydrogens (tertiary/aromatic N) is 2. The van der Waals surface area contributed by atoms with E-state index in [-0.39, 0.29) is 5.91 Å². The van der Waals surface area contributed by atoms with Crippen molar-refractivity contribution in [1.29, 1.82) is 0 Å². The topological polar surface area (TPSA) is 70.8 Å². The van der Waals surface area contributed by atoms with E-state index in [9.17, 15) is 4.79 Å². The average molecular weight is 368 g/mol. The van der Waals surface area contributed by atoms with E-state index in [0.717, 1.165) is 38.3 Å². The fourth-order valence-electron chi connectivity index (χ4n) is 3.12. The van der Waals surface area contributed by atoms with Gasteiger partial charge in [-0.1, -0.05) is 13.0 Å². The van der Waals surface area contributed by atoms with E-state index in [2.05, 4.69) is 22.2 Å². The van der Waals surface area contributed by atoms with Crippen LogP contribution >= 0.6 is 0 Å². The lowest BCUT2D eigenvalue weighted by Crippen LogP contribution is -2.44. The number of rotatable bonds is 6. The second kappa shape index (κ2) is 8.77. The number of ether oxygens (including phenoxy) is 1. The zero-order valence-corrected chi connectivity index (χ0v) is 16.1. The summed E-state index contributed by atoms with van der Waals surface area (Å²) in [6, 6.07) is 12.9. The minimum absolute atomic E-state index is 0.177. The molecule has 1 aliphatic heterocycles. The number of nitrogens with two attached hydrogens (primary N) is 1. The molecule has 0 aromatic heterocycles. The molecule has 1 aliphatic rings. The summed E-state index contributed by atoms with van der Waals surface area (Å²) in [6.07, 6.45) is 0.926. The highest BCUT2D eigenvalue weighted by molar-refractivity contribution is 6.04. The molecule has 0 radical (unpaired) electrons. The number of piperazine rings is 1. The van der Waals surface area contributed by atoms with Crippen molar-refractivity contribution in [3.05, 3.63) is 48.0 Å². The van der Waals surface area contributed by atoms with Crippen molar-refractivity contribution in [3.63, 3.8) is 0 Å². The van der Waals surface area contributed by atoms with Crippen LogP contribution in [0.1, 0.15) is 23.7 Å². The summed E-state index contributed by atoms with van der Waals surface area (Å²) in [4.78, 5) is 17.1. The molecule has 1 saturated heterocycles. The Balaban J connectivity index is 1.67. The summed E-state index contributed by atoms with van der Waals surface area (Å²) in [5.41, 5.74) is 9.21. The molecule has 2 aromatic carbocycles. The van der Waals surface area contributed by atoms with Crippen LogP contribution < -0.4 is 20.7 Å². The Morgan fingerprint density at radius 2 is 1.93 bits per heavy atom. The molecule has 1 heterocycles. The highest BCUT2D eigenvalue weighted by Gasteiger charge is 2.17. The zero-order chi connectivity index (χ0) is 19.2. The summed E-state index contributed by atoms with van der Waals surface area (Å²) in [5.74, 6) is 0.526. The first-order chi connectivity index (χ1) is 13.1. The normalized spacial score (nSPS) is 14.8. The minimum Gasteiger partial charge on any atom is -0.494 e. The third kappa shape index (κ3) is 4.92. The fraction of sp³-hybridized carbons (Fsp3) is 0.381. The monoisotopic (exact) mass is 368 g/mol. The number of hydrogen-bond donors (Lipinski definition) is 2. The summed E-state index contributed by atoms with van der Waals surface area (Å²) in [7, 11) is 2.13. The van der Waals surface area contributed by atoms with Gasteiger partial charge in [-0.15, -0.1) is 0 Å². The summed E-state index contributed by atoms with van der Waals surface area (Å²) >= 11 is 0. The lowest BCUT2D eigenvalue weighted by atomic mass is 10.1. The van der Waals surface area contributed by atoms with Gasteiger partial charge < -0.3 is 25.6 Å². The predicted molar refractivity (Wildman–Crippen MR) is 111 cm³/mol. The van der Waals surface area contributed by atoms with Crippen molar-refractivity contribution in [2.75, 3.05) is 55.8 Å². The Hall–Kier alpha value is -2.73. The number of carbonyl (C=O) groups is 1. The third-order valence-electron chi connectivity index (χ3n) is 4.70. The maximum Gasteiger partial charge on any atom is 0.255 e. The van der Waals surface area contributed by atoms with Crippen LogP contribution in [0, 0.1) is 0 Å². The number of nitrogens with one attached hydrogen (secondary N) is 1.